The molecule has 1 saturated heterocycles. The van der Waals surface area contributed by atoms with Crippen molar-refractivity contribution in [2.24, 2.45) is 0 Å². The molecule has 9 heteroatoms. The molecule has 1 amide bonds. The Balaban J connectivity index is 1.93. The lowest BCUT2D eigenvalue weighted by molar-refractivity contribution is 0.0894. The molecule has 1 aliphatic rings. The molecule has 0 bridgehead atoms. The third-order valence-corrected chi connectivity index (χ3v) is 3.71. The van der Waals surface area contributed by atoms with Crippen molar-refractivity contribution >= 4 is 45.5 Å². The van der Waals surface area contributed by atoms with Crippen molar-refractivity contribution in [3.8, 4) is 0 Å². The largest absolute Gasteiger partial charge is 0.436 e. The zero-order chi connectivity index (χ0) is 13.4. The number of amides is 1. The van der Waals surface area contributed by atoms with Crippen LogP contribution < -0.4 is 10.6 Å². The molecule has 100 valence electrons. The zero-order valence-corrected chi connectivity index (χ0v) is 12.1. The Hall–Kier alpha value is -1.65. The second-order valence-electron chi connectivity index (χ2n) is 4.17. The van der Waals surface area contributed by atoms with Crippen molar-refractivity contribution in [2.75, 3.05) is 18.8 Å². The van der Waals surface area contributed by atoms with E-state index in [0.29, 0.717) is 33.6 Å². The van der Waals surface area contributed by atoms with Gasteiger partial charge < -0.3 is 10.6 Å². The van der Waals surface area contributed by atoms with Crippen LogP contribution >= 0.6 is 22.6 Å². The maximum Gasteiger partial charge on any atom is 0.436 e. The van der Waals surface area contributed by atoms with Crippen LogP contribution in [0.25, 0.3) is 11.0 Å². The van der Waals surface area contributed by atoms with Crippen molar-refractivity contribution < 1.29 is 9.63 Å². The summed E-state index contributed by atoms with van der Waals surface area (Å²) in [7, 11) is 0. The van der Waals surface area contributed by atoms with Crippen molar-refractivity contribution in [3.63, 3.8) is 0 Å². The van der Waals surface area contributed by atoms with E-state index in [1.807, 2.05) is 22.6 Å². The van der Waals surface area contributed by atoms with Crippen molar-refractivity contribution in [3.05, 3.63) is 10.0 Å². The monoisotopic (exact) mass is 374 g/mol. The third-order valence-electron chi connectivity index (χ3n) is 2.95. The Bertz CT molecular complexity index is 636. The molecular formula is C10H11IN6O2. The predicted molar refractivity (Wildman–Crippen MR) is 75.2 cm³/mol. The van der Waals surface area contributed by atoms with Gasteiger partial charge in [0, 0.05) is 13.1 Å². The highest BCUT2D eigenvalue weighted by Gasteiger charge is 2.22. The predicted octanol–water partition coefficient (Wildman–Crippen LogP) is 0.657. The van der Waals surface area contributed by atoms with E-state index in [-0.39, 0.29) is 0 Å². The number of carbonyl (C=O) groups is 1. The quantitative estimate of drug-likeness (QED) is 0.737. The van der Waals surface area contributed by atoms with Crippen LogP contribution in [0.15, 0.2) is 6.33 Å². The Morgan fingerprint density at radius 1 is 1.37 bits per heavy atom. The first kappa shape index (κ1) is 12.4. The van der Waals surface area contributed by atoms with E-state index < -0.39 is 6.09 Å². The summed E-state index contributed by atoms with van der Waals surface area (Å²) in [4.78, 5) is 27.8. The second-order valence-corrected chi connectivity index (χ2v) is 5.19. The fourth-order valence-electron chi connectivity index (χ4n) is 2.00. The minimum Gasteiger partial charge on any atom is -0.383 e. The summed E-state index contributed by atoms with van der Waals surface area (Å²) in [6, 6.07) is 0. The van der Waals surface area contributed by atoms with Gasteiger partial charge in [-0.05, 0) is 35.4 Å². The highest BCUT2D eigenvalue weighted by Crippen LogP contribution is 2.21. The number of halogens is 1. The molecule has 8 nitrogen and oxygen atoms in total. The number of hydrogen-bond donors (Lipinski definition) is 1. The van der Waals surface area contributed by atoms with Crippen LogP contribution in [-0.2, 0) is 0 Å². The van der Waals surface area contributed by atoms with Crippen molar-refractivity contribution in [2.45, 2.75) is 12.8 Å². The van der Waals surface area contributed by atoms with Crippen molar-refractivity contribution in [1.82, 2.24) is 24.8 Å². The fourth-order valence-corrected chi connectivity index (χ4v) is 2.72. The molecule has 2 N–H and O–H groups in total. The summed E-state index contributed by atoms with van der Waals surface area (Å²) in [5, 5.41) is 4.71. The molecule has 2 aromatic heterocycles. The van der Waals surface area contributed by atoms with Crippen molar-refractivity contribution in [1.29, 1.82) is 0 Å². The molecule has 0 aromatic carbocycles. The Labute approximate surface area is 122 Å². The van der Waals surface area contributed by atoms with E-state index >= 15 is 0 Å². The standard InChI is InChI=1S/C10H11IN6O2/c11-7-6-8(12)13-5-14-9(6)17(15-7)19-10(18)16-3-1-2-4-16/h5H,1-4H2,(H2,12,13,14). The van der Waals surface area contributed by atoms with E-state index in [4.69, 9.17) is 10.6 Å². The highest BCUT2D eigenvalue weighted by molar-refractivity contribution is 14.1. The van der Waals surface area contributed by atoms with Gasteiger partial charge >= 0.3 is 6.09 Å². The Morgan fingerprint density at radius 2 is 2.11 bits per heavy atom. The second kappa shape index (κ2) is 4.79. The smallest absolute Gasteiger partial charge is 0.383 e. The van der Waals surface area contributed by atoms with Crippen LogP contribution in [0.2, 0.25) is 0 Å². The number of aromatic nitrogens is 4. The SMILES string of the molecule is Nc1ncnc2c1c(I)nn2OC(=O)N1CCCC1. The number of nitrogen functional groups attached to an aromatic ring is 1. The minimum atomic E-state index is -0.421. The van der Waals surface area contributed by atoms with E-state index in [1.165, 1.54) is 6.33 Å². The molecule has 0 radical (unpaired) electrons. The summed E-state index contributed by atoms with van der Waals surface area (Å²) in [5.41, 5.74) is 6.16. The Morgan fingerprint density at radius 3 is 2.84 bits per heavy atom. The molecule has 0 atom stereocenters. The number of anilines is 1. The number of nitrogens with zero attached hydrogens (tertiary/aromatic N) is 5. The molecule has 3 heterocycles. The van der Waals surface area contributed by atoms with Crippen LogP contribution in [-0.4, -0.2) is 44.0 Å². The van der Waals surface area contributed by atoms with Gasteiger partial charge in [-0.3, -0.25) is 4.84 Å². The summed E-state index contributed by atoms with van der Waals surface area (Å²) >= 11 is 2.00. The minimum absolute atomic E-state index is 0.317. The van der Waals surface area contributed by atoms with Gasteiger partial charge in [0.15, 0.2) is 0 Å². The lowest BCUT2D eigenvalue weighted by atomic mass is 10.4. The number of fused-ring (bicyclic) bond motifs is 1. The van der Waals surface area contributed by atoms with Gasteiger partial charge in [-0.25, -0.2) is 14.8 Å². The first-order valence-electron chi connectivity index (χ1n) is 5.79. The average molecular weight is 374 g/mol. The first-order chi connectivity index (χ1) is 9.16. The summed E-state index contributed by atoms with van der Waals surface area (Å²) < 4.78 is 0.597. The van der Waals surface area contributed by atoms with Crippen LogP contribution in [0.4, 0.5) is 10.6 Å². The zero-order valence-electron chi connectivity index (χ0n) is 9.91. The van der Waals surface area contributed by atoms with Gasteiger partial charge in [0.05, 0.1) is 5.39 Å². The van der Waals surface area contributed by atoms with E-state index in [9.17, 15) is 4.79 Å². The average Bonchev–Trinajstić information content (AvgIpc) is 2.99. The topological polar surface area (TPSA) is 99.2 Å². The van der Waals surface area contributed by atoms with E-state index in [2.05, 4.69) is 15.1 Å². The molecule has 2 aromatic rings. The molecule has 0 unspecified atom stereocenters. The number of hydrogen-bond acceptors (Lipinski definition) is 6. The molecular weight excluding hydrogens is 363 g/mol. The molecule has 1 fully saturated rings. The maximum atomic E-state index is 11.9. The van der Waals surface area contributed by atoms with Crippen LogP contribution in [0, 0.1) is 3.70 Å². The number of likely N-dealkylation sites (tertiary alicyclic amines) is 1. The van der Waals surface area contributed by atoms with Gasteiger partial charge in [0.25, 0.3) is 0 Å². The normalized spacial score (nSPS) is 15.1. The summed E-state index contributed by atoms with van der Waals surface area (Å²) in [6.07, 6.45) is 2.90. The van der Waals surface area contributed by atoms with Crippen LogP contribution in [0.5, 0.6) is 0 Å². The lowest BCUT2D eigenvalue weighted by Gasteiger charge is -2.13. The molecule has 0 saturated carbocycles. The third kappa shape index (κ3) is 2.17. The van der Waals surface area contributed by atoms with E-state index in [0.717, 1.165) is 17.7 Å². The summed E-state index contributed by atoms with van der Waals surface area (Å²) in [5.74, 6) is 0.317. The van der Waals surface area contributed by atoms with Gasteiger partial charge in [-0.2, -0.15) is 0 Å². The van der Waals surface area contributed by atoms with Gasteiger partial charge in [0.2, 0.25) is 5.65 Å². The molecule has 3 rings (SSSR count). The molecule has 1 aliphatic heterocycles. The van der Waals surface area contributed by atoms with Crippen LogP contribution in [0.1, 0.15) is 12.8 Å². The molecule has 19 heavy (non-hydrogen) atoms. The van der Waals surface area contributed by atoms with Gasteiger partial charge in [-0.1, -0.05) is 4.85 Å². The number of rotatable bonds is 1. The Kier molecular flexibility index (Phi) is 3.12. The highest BCUT2D eigenvalue weighted by atomic mass is 127. The molecule has 0 spiro atoms. The fraction of sp³-hybridized carbons (Fsp3) is 0.400. The van der Waals surface area contributed by atoms with Gasteiger partial charge in [-0.15, -0.1) is 5.10 Å². The number of nitrogens with two attached hydrogens (primary N) is 1. The maximum absolute atomic E-state index is 11.9. The number of carbonyl (C=O) groups excluding carboxylic acids is 1. The first-order valence-corrected chi connectivity index (χ1v) is 6.86. The van der Waals surface area contributed by atoms with Crippen LogP contribution in [0.3, 0.4) is 0 Å². The van der Waals surface area contributed by atoms with Gasteiger partial charge in [0.1, 0.15) is 15.8 Å². The molecule has 0 aliphatic carbocycles. The lowest BCUT2D eigenvalue weighted by Crippen LogP contribution is -2.35. The summed E-state index contributed by atoms with van der Waals surface area (Å²) in [6.45, 7) is 1.43. The van der Waals surface area contributed by atoms with E-state index in [1.54, 1.807) is 4.90 Å².